The van der Waals surface area contributed by atoms with Crippen molar-refractivity contribution in [1.29, 1.82) is 0 Å². The third-order valence-electron chi connectivity index (χ3n) is 1.55. The number of hydrogen-bond donors (Lipinski definition) is 0. The van der Waals surface area contributed by atoms with Gasteiger partial charge in [-0.15, -0.1) is 0 Å². The van der Waals surface area contributed by atoms with E-state index in [1.165, 1.54) is 21.9 Å². The molecule has 1 atom stereocenters. The molecular formula is C7H12Si. The smallest absolute Gasteiger partial charge is 0.00394 e. The Kier molecular flexibility index (Phi) is 1.68. The van der Waals surface area contributed by atoms with Crippen LogP contribution >= 0.6 is 0 Å². The molecule has 0 heterocycles. The van der Waals surface area contributed by atoms with E-state index in [1.54, 1.807) is 0 Å². The van der Waals surface area contributed by atoms with Crippen LogP contribution in [0.25, 0.3) is 0 Å². The Morgan fingerprint density at radius 2 is 2.50 bits per heavy atom. The van der Waals surface area contributed by atoms with Crippen LogP contribution in [-0.4, -0.2) is 10.2 Å². The Hall–Kier alpha value is -0.303. The number of hydrogen-bond acceptors (Lipinski definition) is 0. The van der Waals surface area contributed by atoms with Crippen LogP contribution in [-0.2, 0) is 0 Å². The van der Waals surface area contributed by atoms with Crippen molar-refractivity contribution in [2.75, 3.05) is 0 Å². The lowest BCUT2D eigenvalue weighted by Crippen LogP contribution is -1.84. The largest absolute Gasteiger partial charge is 0.0777 e. The van der Waals surface area contributed by atoms with Crippen molar-refractivity contribution in [3.05, 3.63) is 23.8 Å². The molecule has 0 spiro atoms. The summed E-state index contributed by atoms with van der Waals surface area (Å²) in [5.41, 5.74) is 1.44. The fourth-order valence-corrected chi connectivity index (χ4v) is 1.49. The van der Waals surface area contributed by atoms with Crippen LogP contribution < -0.4 is 0 Å². The van der Waals surface area contributed by atoms with E-state index in [9.17, 15) is 0 Å². The topological polar surface area (TPSA) is 0 Å². The van der Waals surface area contributed by atoms with Crippen LogP contribution in [0, 0.1) is 5.92 Å². The van der Waals surface area contributed by atoms with Crippen molar-refractivity contribution in [2.24, 2.45) is 5.92 Å². The second-order valence-corrected chi connectivity index (χ2v) is 3.16. The predicted octanol–water partition coefficient (Wildman–Crippen LogP) is 0.902. The lowest BCUT2D eigenvalue weighted by molar-refractivity contribution is 0.951. The number of rotatable bonds is 1. The molecule has 1 heteroatoms. The molecule has 1 aliphatic carbocycles. The lowest BCUT2D eigenvalue weighted by Gasteiger charge is -1.94. The third kappa shape index (κ3) is 1.10. The quantitative estimate of drug-likeness (QED) is 0.456. The van der Waals surface area contributed by atoms with Gasteiger partial charge >= 0.3 is 0 Å². The summed E-state index contributed by atoms with van der Waals surface area (Å²) in [6, 6.07) is 1.38. The molecule has 1 unspecified atom stereocenters. The molecule has 0 aromatic rings. The highest BCUT2D eigenvalue weighted by molar-refractivity contribution is 6.08. The van der Waals surface area contributed by atoms with Gasteiger partial charge in [-0.1, -0.05) is 29.8 Å². The van der Waals surface area contributed by atoms with Crippen LogP contribution in [0.3, 0.4) is 0 Å². The van der Waals surface area contributed by atoms with E-state index in [1.807, 2.05) is 0 Å². The Morgan fingerprint density at radius 1 is 1.75 bits per heavy atom. The molecule has 0 amide bonds. The minimum atomic E-state index is 0.793. The minimum Gasteiger partial charge on any atom is -0.0777 e. The van der Waals surface area contributed by atoms with E-state index < -0.39 is 0 Å². The predicted molar refractivity (Wildman–Crippen MR) is 41.1 cm³/mol. The second kappa shape index (κ2) is 2.31. The second-order valence-electron chi connectivity index (χ2n) is 2.34. The van der Waals surface area contributed by atoms with Gasteiger partial charge in [0.1, 0.15) is 0 Å². The maximum Gasteiger partial charge on any atom is 0.00394 e. The van der Waals surface area contributed by atoms with E-state index in [0.717, 1.165) is 5.92 Å². The van der Waals surface area contributed by atoms with Gasteiger partial charge in [-0.3, -0.25) is 0 Å². The summed E-state index contributed by atoms with van der Waals surface area (Å²) >= 11 is 0. The average Bonchev–Trinajstić information content (AvgIpc) is 2.14. The van der Waals surface area contributed by atoms with Gasteiger partial charge in [-0.05, 0) is 12.8 Å². The fraction of sp³-hybridized carbons (Fsp3) is 0.429. The van der Waals surface area contributed by atoms with Gasteiger partial charge in [-0.2, -0.15) is 0 Å². The zero-order chi connectivity index (χ0) is 5.98. The monoisotopic (exact) mass is 124 g/mol. The molecule has 0 nitrogen and oxygen atoms in total. The summed E-state index contributed by atoms with van der Waals surface area (Å²) in [5.74, 6) is 0.793. The Labute approximate surface area is 53.7 Å². The Bertz CT molecular complexity index is 133. The molecule has 0 radical (unpaired) electrons. The summed E-state index contributed by atoms with van der Waals surface area (Å²) < 4.78 is 0. The van der Waals surface area contributed by atoms with Gasteiger partial charge < -0.3 is 0 Å². The summed E-state index contributed by atoms with van der Waals surface area (Å²) in [7, 11) is 1.33. The fourth-order valence-electron chi connectivity index (χ4n) is 0.978. The maximum atomic E-state index is 2.34. The van der Waals surface area contributed by atoms with Gasteiger partial charge in [0.2, 0.25) is 0 Å². The van der Waals surface area contributed by atoms with Crippen LogP contribution in [0.15, 0.2) is 23.8 Å². The number of allylic oxidation sites excluding steroid dienone is 4. The first kappa shape index (κ1) is 5.83. The van der Waals surface area contributed by atoms with E-state index in [-0.39, 0.29) is 0 Å². The van der Waals surface area contributed by atoms with Crippen molar-refractivity contribution >= 4 is 10.2 Å². The highest BCUT2D eigenvalue weighted by Gasteiger charge is 2.01. The summed E-state index contributed by atoms with van der Waals surface area (Å²) in [6.45, 7) is 2.16. The summed E-state index contributed by atoms with van der Waals surface area (Å²) in [6.07, 6.45) is 6.85. The molecule has 0 aromatic carbocycles. The summed E-state index contributed by atoms with van der Waals surface area (Å²) in [4.78, 5) is 0. The molecule has 0 bridgehead atoms. The van der Waals surface area contributed by atoms with Crippen molar-refractivity contribution in [3.8, 4) is 0 Å². The van der Waals surface area contributed by atoms with Crippen molar-refractivity contribution in [2.45, 2.75) is 13.0 Å². The van der Waals surface area contributed by atoms with Crippen LogP contribution in [0.2, 0.25) is 6.04 Å². The highest BCUT2D eigenvalue weighted by Crippen LogP contribution is 2.16. The maximum absolute atomic E-state index is 2.34. The normalized spacial score (nSPS) is 26.6. The average molecular weight is 124 g/mol. The van der Waals surface area contributed by atoms with E-state index in [4.69, 9.17) is 0 Å². The van der Waals surface area contributed by atoms with E-state index >= 15 is 0 Å². The van der Waals surface area contributed by atoms with Gasteiger partial charge in [0, 0.05) is 10.2 Å². The molecule has 0 fully saturated rings. The van der Waals surface area contributed by atoms with Crippen LogP contribution in [0.4, 0.5) is 0 Å². The molecule has 8 heavy (non-hydrogen) atoms. The van der Waals surface area contributed by atoms with E-state index in [2.05, 4.69) is 25.2 Å². The lowest BCUT2D eigenvalue weighted by atomic mass is 10.2. The molecule has 0 saturated heterocycles. The first-order valence-electron chi connectivity index (χ1n) is 3.19. The third-order valence-corrected chi connectivity index (χ3v) is 2.50. The Balaban J connectivity index is 2.55. The summed E-state index contributed by atoms with van der Waals surface area (Å²) in [5, 5.41) is 0. The standard InChI is InChI=1S/C7H12Si/c1-6-2-3-7(4-6)5-8/h2-4,7H,5H2,1,8H3. The molecule has 0 saturated carbocycles. The SMILES string of the molecule is CC1=CC(C[SiH3])C=C1. The molecule has 0 aliphatic heterocycles. The molecule has 1 rings (SSSR count). The van der Waals surface area contributed by atoms with Gasteiger partial charge in [0.25, 0.3) is 0 Å². The van der Waals surface area contributed by atoms with Crippen LogP contribution in [0.5, 0.6) is 0 Å². The van der Waals surface area contributed by atoms with Gasteiger partial charge in [0.05, 0.1) is 0 Å². The molecule has 1 aliphatic rings. The van der Waals surface area contributed by atoms with Gasteiger partial charge in [0.15, 0.2) is 0 Å². The Morgan fingerprint density at radius 3 is 2.75 bits per heavy atom. The molecule has 0 aromatic heterocycles. The first-order valence-corrected chi connectivity index (χ1v) is 4.61. The van der Waals surface area contributed by atoms with E-state index in [0.29, 0.717) is 0 Å². The molecule has 0 N–H and O–H groups in total. The zero-order valence-electron chi connectivity index (χ0n) is 5.52. The first-order chi connectivity index (χ1) is 3.83. The minimum absolute atomic E-state index is 0.793. The van der Waals surface area contributed by atoms with Gasteiger partial charge in [-0.25, -0.2) is 0 Å². The zero-order valence-corrected chi connectivity index (χ0v) is 7.52. The van der Waals surface area contributed by atoms with Crippen LogP contribution in [0.1, 0.15) is 6.92 Å². The highest BCUT2D eigenvalue weighted by atomic mass is 28.1. The molecule has 44 valence electrons. The van der Waals surface area contributed by atoms with Crippen molar-refractivity contribution in [1.82, 2.24) is 0 Å². The molecular weight excluding hydrogens is 112 g/mol. The van der Waals surface area contributed by atoms with Crippen molar-refractivity contribution in [3.63, 3.8) is 0 Å². The van der Waals surface area contributed by atoms with Crippen molar-refractivity contribution < 1.29 is 0 Å².